The van der Waals surface area contributed by atoms with Gasteiger partial charge in [0, 0.05) is 19.5 Å². The van der Waals surface area contributed by atoms with Gasteiger partial charge in [-0.15, -0.1) is 22.7 Å². The Morgan fingerprint density at radius 1 is 1.31 bits per heavy atom. The highest BCUT2D eigenvalue weighted by molar-refractivity contribution is 7.15. The summed E-state index contributed by atoms with van der Waals surface area (Å²) in [5.74, 6) is -1.01. The Morgan fingerprint density at radius 2 is 2.00 bits per heavy atom. The molecule has 0 fully saturated rings. The molecule has 1 aliphatic rings. The number of hydrogen-bond donors (Lipinski definition) is 2. The predicted octanol–water partition coefficient (Wildman–Crippen LogP) is 2.20. The van der Waals surface area contributed by atoms with Crippen molar-refractivity contribution in [3.8, 4) is 0 Å². The number of nitrogens with zero attached hydrogens (tertiary/aromatic N) is 3. The highest BCUT2D eigenvalue weighted by atomic mass is 32.1. The molecule has 7 nitrogen and oxygen atoms in total. The first-order valence-electron chi connectivity index (χ1n) is 7.20. The molecule has 1 aliphatic heterocycles. The molecule has 1 atom stereocenters. The monoisotopic (exact) mass is 406 g/mol. The Morgan fingerprint density at radius 3 is 2.62 bits per heavy atom. The second-order valence-electron chi connectivity index (χ2n) is 5.58. The van der Waals surface area contributed by atoms with E-state index in [0.717, 1.165) is 10.3 Å². The molecule has 3 rings (SSSR count). The molecule has 1 unspecified atom stereocenters. The molecule has 0 saturated carbocycles. The third-order valence-electron chi connectivity index (χ3n) is 3.79. The number of hydrogen-bond acceptors (Lipinski definition) is 7. The molecule has 0 bridgehead atoms. The van der Waals surface area contributed by atoms with E-state index in [-0.39, 0.29) is 11.6 Å². The maximum Gasteiger partial charge on any atom is 0.434 e. The molecule has 2 aromatic heterocycles. The second kappa shape index (κ2) is 6.52. The Bertz CT molecular complexity index is 864. The van der Waals surface area contributed by atoms with Crippen molar-refractivity contribution in [3.05, 3.63) is 27.6 Å². The van der Waals surface area contributed by atoms with Gasteiger partial charge in [-0.1, -0.05) is 0 Å². The third-order valence-corrected chi connectivity index (χ3v) is 5.66. The van der Waals surface area contributed by atoms with Crippen LogP contribution in [0.15, 0.2) is 10.8 Å². The summed E-state index contributed by atoms with van der Waals surface area (Å²) in [5, 5.41) is 15.1. The average Bonchev–Trinajstić information content (AvgIpc) is 3.18. The van der Waals surface area contributed by atoms with Gasteiger partial charge in [-0.25, -0.2) is 4.98 Å². The summed E-state index contributed by atoms with van der Waals surface area (Å²) >= 11 is 1.87. The number of carbonyl (C=O) groups is 2. The molecule has 0 spiro atoms. The molecule has 12 heteroatoms. The van der Waals surface area contributed by atoms with Crippen LogP contribution in [0.25, 0.3) is 0 Å². The van der Waals surface area contributed by atoms with E-state index in [1.807, 2.05) is 0 Å². The molecule has 2 amide bonds. The number of carbonyl (C=O) groups excluding carboxylic acids is 2. The smallest absolute Gasteiger partial charge is 0.356 e. The van der Waals surface area contributed by atoms with E-state index in [0.29, 0.717) is 27.5 Å². The van der Waals surface area contributed by atoms with Crippen molar-refractivity contribution in [2.75, 3.05) is 24.3 Å². The van der Waals surface area contributed by atoms with Crippen molar-refractivity contribution < 1.29 is 27.9 Å². The van der Waals surface area contributed by atoms with Gasteiger partial charge >= 0.3 is 6.18 Å². The number of aliphatic hydroxyl groups is 1. The lowest BCUT2D eigenvalue weighted by Gasteiger charge is -2.36. The Balaban J connectivity index is 1.76. The Kier molecular flexibility index (Phi) is 4.67. The van der Waals surface area contributed by atoms with Crippen LogP contribution in [0.1, 0.15) is 21.6 Å². The number of aliphatic hydroxyl groups excluding tert-OH is 1. The number of anilines is 2. The van der Waals surface area contributed by atoms with Crippen molar-refractivity contribution in [1.82, 2.24) is 9.88 Å². The van der Waals surface area contributed by atoms with Crippen molar-refractivity contribution >= 4 is 44.6 Å². The summed E-state index contributed by atoms with van der Waals surface area (Å²) < 4.78 is 37.6. The van der Waals surface area contributed by atoms with E-state index in [1.54, 1.807) is 12.4 Å². The third kappa shape index (κ3) is 3.27. The van der Waals surface area contributed by atoms with Crippen molar-refractivity contribution in [2.24, 2.45) is 0 Å². The zero-order valence-corrected chi connectivity index (χ0v) is 15.1. The average molecular weight is 406 g/mol. The predicted molar refractivity (Wildman–Crippen MR) is 90.3 cm³/mol. The fourth-order valence-electron chi connectivity index (χ4n) is 2.44. The van der Waals surface area contributed by atoms with Gasteiger partial charge in [-0.2, -0.15) is 13.2 Å². The van der Waals surface area contributed by atoms with Crippen LogP contribution >= 0.6 is 22.7 Å². The molecule has 2 N–H and O–H groups in total. The van der Waals surface area contributed by atoms with E-state index in [9.17, 15) is 27.9 Å². The molecule has 140 valence electrons. The minimum Gasteiger partial charge on any atom is -0.356 e. The molecule has 0 aliphatic carbocycles. The van der Waals surface area contributed by atoms with Crippen LogP contribution in [0.5, 0.6) is 0 Å². The number of aromatic nitrogens is 1. The summed E-state index contributed by atoms with van der Waals surface area (Å²) in [4.78, 5) is 30.5. The number of thiazole rings is 1. The summed E-state index contributed by atoms with van der Waals surface area (Å²) in [6, 6.07) is 0. The first-order valence-corrected chi connectivity index (χ1v) is 8.96. The lowest BCUT2D eigenvalue weighted by molar-refractivity contribution is -0.140. The van der Waals surface area contributed by atoms with Gasteiger partial charge in [-0.3, -0.25) is 14.5 Å². The Labute approximate surface area is 153 Å². The van der Waals surface area contributed by atoms with Crippen LogP contribution < -0.4 is 10.2 Å². The molecule has 2 aromatic rings. The second-order valence-corrected chi connectivity index (χ2v) is 7.29. The molecule has 3 heterocycles. The summed E-state index contributed by atoms with van der Waals surface area (Å²) in [5.41, 5.74) is -0.334. The summed E-state index contributed by atoms with van der Waals surface area (Å²) in [6.45, 7) is 0. The lowest BCUT2D eigenvalue weighted by Crippen LogP contribution is -2.51. The van der Waals surface area contributed by atoms with Crippen molar-refractivity contribution in [1.29, 1.82) is 0 Å². The molecule has 0 radical (unpaired) electrons. The fourth-order valence-corrected chi connectivity index (χ4v) is 4.23. The quantitative estimate of drug-likeness (QED) is 0.816. The van der Waals surface area contributed by atoms with Crippen LogP contribution in [0.4, 0.5) is 23.3 Å². The molecular formula is C14H13F3N4O3S2. The first-order chi connectivity index (χ1) is 12.1. The number of alkyl halides is 3. The van der Waals surface area contributed by atoms with E-state index >= 15 is 0 Å². The maximum absolute atomic E-state index is 12.5. The van der Waals surface area contributed by atoms with Crippen LogP contribution in [-0.4, -0.2) is 47.3 Å². The maximum atomic E-state index is 12.5. The normalized spacial score (nSPS) is 17.5. The van der Waals surface area contributed by atoms with E-state index in [1.165, 1.54) is 23.3 Å². The van der Waals surface area contributed by atoms with Crippen molar-refractivity contribution in [2.45, 2.75) is 18.9 Å². The SMILES string of the molecule is CN1C(=O)c2c(CC(=O)Nc3nc(C(F)(F)F)cs3)csc2N(C)C1O. The van der Waals surface area contributed by atoms with Gasteiger partial charge < -0.3 is 15.3 Å². The van der Waals surface area contributed by atoms with E-state index in [4.69, 9.17) is 0 Å². The highest BCUT2D eigenvalue weighted by Crippen LogP contribution is 2.37. The van der Waals surface area contributed by atoms with Crippen LogP contribution in [0, 0.1) is 0 Å². The minimum atomic E-state index is -4.58. The van der Waals surface area contributed by atoms with Gasteiger partial charge in [0.2, 0.25) is 12.3 Å². The number of nitrogens with one attached hydrogen (secondary N) is 1. The lowest BCUT2D eigenvalue weighted by atomic mass is 10.1. The standard InChI is InChI=1S/C14H13F3N4O3S2/c1-20-10(23)9-6(4-25-11(9)21(2)13(20)24)3-8(22)19-12-18-7(5-26-12)14(15,16)17/h4-5,13,24H,3H2,1-2H3,(H,18,19,22). The van der Waals surface area contributed by atoms with Gasteiger partial charge in [0.1, 0.15) is 5.00 Å². The minimum absolute atomic E-state index is 0.164. The first kappa shape index (κ1) is 18.6. The van der Waals surface area contributed by atoms with E-state index < -0.39 is 30.0 Å². The van der Waals surface area contributed by atoms with Gasteiger partial charge in [0.25, 0.3) is 5.91 Å². The van der Waals surface area contributed by atoms with Crippen LogP contribution in [-0.2, 0) is 17.4 Å². The number of thiophene rings is 1. The molecule has 0 saturated heterocycles. The molecule has 0 aromatic carbocycles. The number of halogens is 3. The van der Waals surface area contributed by atoms with Crippen LogP contribution in [0.2, 0.25) is 0 Å². The number of amides is 2. The van der Waals surface area contributed by atoms with E-state index in [2.05, 4.69) is 10.3 Å². The van der Waals surface area contributed by atoms with Gasteiger partial charge in [-0.05, 0) is 10.9 Å². The summed E-state index contributed by atoms with van der Waals surface area (Å²) in [7, 11) is 3.04. The molecular weight excluding hydrogens is 393 g/mol. The van der Waals surface area contributed by atoms with Gasteiger partial charge in [0.15, 0.2) is 10.8 Å². The topological polar surface area (TPSA) is 85.8 Å². The number of rotatable bonds is 3. The summed E-state index contributed by atoms with van der Waals surface area (Å²) in [6.07, 6.45) is -5.88. The zero-order chi connectivity index (χ0) is 19.2. The van der Waals surface area contributed by atoms with Crippen LogP contribution in [0.3, 0.4) is 0 Å². The largest absolute Gasteiger partial charge is 0.434 e. The Hall–Kier alpha value is -2.18. The fraction of sp³-hybridized carbons (Fsp3) is 0.357. The highest BCUT2D eigenvalue weighted by Gasteiger charge is 2.36. The zero-order valence-electron chi connectivity index (χ0n) is 13.5. The molecule has 26 heavy (non-hydrogen) atoms. The van der Waals surface area contributed by atoms with Gasteiger partial charge in [0.05, 0.1) is 12.0 Å². The number of fused-ring (bicyclic) bond motifs is 1. The van der Waals surface area contributed by atoms with Crippen molar-refractivity contribution in [3.63, 3.8) is 0 Å².